The minimum Gasteiger partial charge on any atom is -0.452 e. The Hall–Kier alpha value is -3.84. The maximum atomic E-state index is 14.1. The number of ketones is 1. The lowest BCUT2D eigenvalue weighted by Crippen LogP contribution is -2.30. The summed E-state index contributed by atoms with van der Waals surface area (Å²) >= 11 is 1.64. The number of ether oxygens (including phenoxy) is 1. The van der Waals surface area contributed by atoms with E-state index in [1.54, 1.807) is 36.0 Å². The van der Waals surface area contributed by atoms with Crippen molar-refractivity contribution in [1.82, 2.24) is 10.4 Å². The molecule has 166 valence electrons. The summed E-state index contributed by atoms with van der Waals surface area (Å²) in [5, 5.41) is 0.793. The van der Waals surface area contributed by atoms with Gasteiger partial charge in [-0.3, -0.25) is 10.2 Å². The Morgan fingerprint density at radius 1 is 0.939 bits per heavy atom. The Morgan fingerprint density at radius 3 is 2.39 bits per heavy atom. The van der Waals surface area contributed by atoms with Crippen LogP contribution in [-0.2, 0) is 10.5 Å². The van der Waals surface area contributed by atoms with Crippen molar-refractivity contribution in [3.63, 3.8) is 0 Å². The molecule has 0 aliphatic heterocycles. The van der Waals surface area contributed by atoms with Crippen LogP contribution in [0, 0.1) is 0 Å². The van der Waals surface area contributed by atoms with Crippen LogP contribution in [0.5, 0.6) is 0 Å². The van der Waals surface area contributed by atoms with Crippen LogP contribution in [0.2, 0.25) is 0 Å². The highest BCUT2D eigenvalue weighted by molar-refractivity contribution is 7.97. The number of thioether (sulfide) groups is 1. The van der Waals surface area contributed by atoms with Gasteiger partial charge in [0.2, 0.25) is 0 Å². The first-order valence-corrected chi connectivity index (χ1v) is 11.7. The second-order valence-electron chi connectivity index (χ2n) is 7.25. The van der Waals surface area contributed by atoms with E-state index < -0.39 is 6.09 Å². The Morgan fingerprint density at radius 2 is 1.64 bits per heavy atom. The van der Waals surface area contributed by atoms with E-state index in [2.05, 4.69) is 15.6 Å². The summed E-state index contributed by atoms with van der Waals surface area (Å²) < 4.78 is 4.62. The molecule has 3 aromatic carbocycles. The zero-order chi connectivity index (χ0) is 23.2. The molecule has 4 aromatic rings. The molecular weight excluding hydrogens is 434 g/mol. The summed E-state index contributed by atoms with van der Waals surface area (Å²) in [6.45, 7) is 0. The third-order valence-corrected chi connectivity index (χ3v) is 5.79. The van der Waals surface area contributed by atoms with Gasteiger partial charge in [-0.2, -0.15) is 11.8 Å². The number of amides is 1. The second kappa shape index (κ2) is 10.2. The third-order valence-electron chi connectivity index (χ3n) is 5.21. The number of pyridine rings is 1. The van der Waals surface area contributed by atoms with Gasteiger partial charge in [0.15, 0.2) is 5.78 Å². The molecular formula is C26H23N3O3S. The number of hydrogen-bond donors (Lipinski definition) is 2. The minimum atomic E-state index is -0.652. The van der Waals surface area contributed by atoms with E-state index >= 15 is 0 Å². The molecule has 0 bridgehead atoms. The van der Waals surface area contributed by atoms with Crippen molar-refractivity contribution in [1.29, 1.82) is 0 Å². The molecule has 0 aliphatic rings. The third kappa shape index (κ3) is 4.68. The number of hydrogen-bond acceptors (Lipinski definition) is 6. The topological polar surface area (TPSA) is 80.3 Å². The molecule has 0 unspecified atom stereocenters. The van der Waals surface area contributed by atoms with Gasteiger partial charge in [0.05, 0.1) is 24.0 Å². The molecule has 0 spiro atoms. The number of methoxy groups -OCH3 is 1. The molecule has 0 fully saturated rings. The van der Waals surface area contributed by atoms with E-state index in [1.807, 2.05) is 60.9 Å². The van der Waals surface area contributed by atoms with Crippen LogP contribution < -0.4 is 10.9 Å². The molecule has 1 aromatic heterocycles. The molecule has 1 heterocycles. The van der Waals surface area contributed by atoms with E-state index in [4.69, 9.17) is 4.98 Å². The lowest BCUT2D eigenvalue weighted by atomic mass is 9.91. The Bertz CT molecular complexity index is 1310. The number of benzene rings is 3. The van der Waals surface area contributed by atoms with Crippen LogP contribution in [-0.4, -0.2) is 30.2 Å². The van der Waals surface area contributed by atoms with Gasteiger partial charge in [0.25, 0.3) is 0 Å². The van der Waals surface area contributed by atoms with Gasteiger partial charge in [0.1, 0.15) is 0 Å². The first-order valence-electron chi connectivity index (χ1n) is 10.3. The van der Waals surface area contributed by atoms with Gasteiger partial charge in [0, 0.05) is 33.4 Å². The zero-order valence-electron chi connectivity index (χ0n) is 18.3. The van der Waals surface area contributed by atoms with Crippen LogP contribution in [0.1, 0.15) is 21.5 Å². The largest absolute Gasteiger partial charge is 0.452 e. The number of anilines is 1. The molecule has 2 N–H and O–H groups in total. The number of para-hydroxylation sites is 2. The number of hydrazine groups is 1. The van der Waals surface area contributed by atoms with Crippen molar-refractivity contribution in [2.75, 3.05) is 18.8 Å². The first-order chi connectivity index (χ1) is 16.1. The molecule has 0 saturated carbocycles. The van der Waals surface area contributed by atoms with E-state index in [9.17, 15) is 9.59 Å². The number of nitrogens with zero attached hydrogens (tertiary/aromatic N) is 1. The predicted octanol–water partition coefficient (Wildman–Crippen LogP) is 5.68. The van der Waals surface area contributed by atoms with E-state index in [0.29, 0.717) is 22.6 Å². The Balaban J connectivity index is 1.93. The fourth-order valence-corrected chi connectivity index (χ4v) is 4.29. The van der Waals surface area contributed by atoms with Crippen molar-refractivity contribution in [2.24, 2.45) is 0 Å². The van der Waals surface area contributed by atoms with Gasteiger partial charge in [-0.25, -0.2) is 15.2 Å². The molecule has 6 nitrogen and oxygen atoms in total. The normalized spacial score (nSPS) is 10.6. The number of aromatic nitrogens is 1. The average Bonchev–Trinajstić information content (AvgIpc) is 2.87. The molecule has 7 heteroatoms. The predicted molar refractivity (Wildman–Crippen MR) is 133 cm³/mol. The Labute approximate surface area is 196 Å². The highest BCUT2D eigenvalue weighted by Crippen LogP contribution is 2.34. The average molecular weight is 458 g/mol. The number of nitrogens with one attached hydrogen (secondary N) is 2. The quantitative estimate of drug-likeness (QED) is 0.275. The minimum absolute atomic E-state index is 0.149. The summed E-state index contributed by atoms with van der Waals surface area (Å²) in [7, 11) is 1.27. The lowest BCUT2D eigenvalue weighted by molar-refractivity contribution is 0.104. The van der Waals surface area contributed by atoms with Crippen molar-refractivity contribution in [2.45, 2.75) is 5.75 Å². The second-order valence-corrected chi connectivity index (χ2v) is 8.11. The maximum absolute atomic E-state index is 14.1. The van der Waals surface area contributed by atoms with Gasteiger partial charge in [-0.05, 0) is 24.5 Å². The number of carbonyl (C=O) groups excluding carboxylic acids is 2. The zero-order valence-corrected chi connectivity index (χ0v) is 19.1. The smallest absolute Gasteiger partial charge is 0.425 e. The monoisotopic (exact) mass is 457 g/mol. The molecule has 4 rings (SSSR count). The van der Waals surface area contributed by atoms with Crippen molar-refractivity contribution in [3.05, 3.63) is 95.6 Å². The van der Waals surface area contributed by atoms with Crippen LogP contribution in [0.15, 0.2) is 78.9 Å². The molecule has 0 aliphatic carbocycles. The Kier molecular flexibility index (Phi) is 6.90. The standard InChI is InChI=1S/C26H23N3O3S/c1-32-26(31)29-28-22-15-9-7-13-19(22)25(30)23-18-12-6-8-14-21(18)27-24(20(23)16-33-2)17-10-4-3-5-11-17/h3-15,28H,16H2,1-2H3,(H,29,31). The van der Waals surface area contributed by atoms with E-state index in [1.165, 1.54) is 7.11 Å². The number of carbonyl (C=O) groups is 2. The fraction of sp³-hybridized carbons (Fsp3) is 0.115. The SMILES string of the molecule is COC(=O)NNc1ccccc1C(=O)c1c(CSC)c(-c2ccccc2)nc2ccccc12. The molecule has 0 saturated heterocycles. The lowest BCUT2D eigenvalue weighted by Gasteiger charge is -2.18. The highest BCUT2D eigenvalue weighted by atomic mass is 32.2. The van der Waals surface area contributed by atoms with Gasteiger partial charge < -0.3 is 4.74 Å². The van der Waals surface area contributed by atoms with Crippen molar-refractivity contribution >= 4 is 40.2 Å². The van der Waals surface area contributed by atoms with Gasteiger partial charge in [-0.1, -0.05) is 60.7 Å². The summed E-state index contributed by atoms with van der Waals surface area (Å²) in [5.74, 6) is 0.476. The van der Waals surface area contributed by atoms with Crippen molar-refractivity contribution < 1.29 is 14.3 Å². The van der Waals surface area contributed by atoms with Crippen LogP contribution >= 0.6 is 11.8 Å². The first kappa shape index (κ1) is 22.4. The molecule has 33 heavy (non-hydrogen) atoms. The summed E-state index contributed by atoms with van der Waals surface area (Å²) in [4.78, 5) is 30.6. The molecule has 0 radical (unpaired) electrons. The summed E-state index contributed by atoms with van der Waals surface area (Å²) in [6.07, 6.45) is 1.36. The fourth-order valence-electron chi connectivity index (χ4n) is 3.72. The van der Waals surface area contributed by atoms with E-state index in [-0.39, 0.29) is 5.78 Å². The number of fused-ring (bicyclic) bond motifs is 1. The summed E-state index contributed by atoms with van der Waals surface area (Å²) in [6, 6.07) is 24.6. The van der Waals surface area contributed by atoms with E-state index in [0.717, 1.165) is 27.7 Å². The van der Waals surface area contributed by atoms with Crippen LogP contribution in [0.4, 0.5) is 10.5 Å². The highest BCUT2D eigenvalue weighted by Gasteiger charge is 2.24. The van der Waals surface area contributed by atoms with Crippen LogP contribution in [0.3, 0.4) is 0 Å². The molecule has 0 atom stereocenters. The van der Waals surface area contributed by atoms with Gasteiger partial charge >= 0.3 is 6.09 Å². The van der Waals surface area contributed by atoms with Gasteiger partial charge in [-0.15, -0.1) is 0 Å². The molecule has 1 amide bonds. The summed E-state index contributed by atoms with van der Waals surface area (Å²) in [5.41, 5.74) is 10.1. The van der Waals surface area contributed by atoms with Crippen LogP contribution in [0.25, 0.3) is 22.2 Å². The van der Waals surface area contributed by atoms with Crippen molar-refractivity contribution in [3.8, 4) is 11.3 Å². The number of rotatable bonds is 7. The maximum Gasteiger partial charge on any atom is 0.425 e.